The third kappa shape index (κ3) is 1.78. The minimum atomic E-state index is -1.12. The molecule has 15 heavy (non-hydrogen) atoms. The minimum absolute atomic E-state index is 0.421. The number of nitrogens with two attached hydrogens (primary N) is 1. The zero-order valence-electron chi connectivity index (χ0n) is 7.66. The number of aromatic nitrogens is 3. The van der Waals surface area contributed by atoms with Crippen LogP contribution in [0.1, 0.15) is 0 Å². The van der Waals surface area contributed by atoms with Gasteiger partial charge in [-0.3, -0.25) is 0 Å². The first-order valence-electron chi connectivity index (χ1n) is 4.16. The predicted octanol–water partition coefficient (Wildman–Crippen LogP) is 1.05. The molecule has 0 aliphatic heterocycles. The van der Waals surface area contributed by atoms with Gasteiger partial charge in [0.1, 0.15) is 5.82 Å². The summed E-state index contributed by atoms with van der Waals surface area (Å²) in [6.45, 7) is 0. The highest BCUT2D eigenvalue weighted by Crippen LogP contribution is 2.17. The average molecular weight is 204 g/mol. The molecule has 0 radical (unpaired) electrons. The maximum Gasteiger partial charge on any atom is 0.432 e. The highest BCUT2D eigenvalue weighted by molar-refractivity contribution is 5.70. The predicted molar refractivity (Wildman–Crippen MR) is 53.3 cm³/mol. The van der Waals surface area contributed by atoms with Gasteiger partial charge in [-0.2, -0.15) is 9.78 Å². The van der Waals surface area contributed by atoms with E-state index in [2.05, 4.69) is 10.1 Å². The molecular formula is C9H8N4O2. The molecule has 0 saturated carbocycles. The summed E-state index contributed by atoms with van der Waals surface area (Å²) in [5.41, 5.74) is 6.89. The van der Waals surface area contributed by atoms with Gasteiger partial charge >= 0.3 is 6.09 Å². The third-order valence-corrected chi connectivity index (χ3v) is 1.90. The molecule has 2 aromatic heterocycles. The smallest absolute Gasteiger partial charge is 0.432 e. The van der Waals surface area contributed by atoms with Crippen LogP contribution in [0.4, 0.5) is 10.6 Å². The van der Waals surface area contributed by atoms with Gasteiger partial charge in [-0.1, -0.05) is 0 Å². The summed E-state index contributed by atoms with van der Waals surface area (Å²) < 4.78 is 0.839. The molecule has 0 aromatic carbocycles. The van der Waals surface area contributed by atoms with Crippen LogP contribution in [-0.4, -0.2) is 26.0 Å². The average Bonchev–Trinajstić information content (AvgIpc) is 2.68. The fourth-order valence-corrected chi connectivity index (χ4v) is 1.15. The molecule has 0 spiro atoms. The number of nitrogens with zero attached hydrogens (tertiary/aromatic N) is 3. The van der Waals surface area contributed by atoms with Crippen LogP contribution in [0.15, 0.2) is 30.7 Å². The number of anilines is 1. The van der Waals surface area contributed by atoms with Gasteiger partial charge in [0.25, 0.3) is 0 Å². The van der Waals surface area contributed by atoms with Gasteiger partial charge in [0.05, 0.1) is 6.20 Å². The number of rotatable bonds is 1. The third-order valence-electron chi connectivity index (χ3n) is 1.90. The lowest BCUT2D eigenvalue weighted by molar-refractivity contribution is 0.192. The Kier molecular flexibility index (Phi) is 2.09. The first-order valence-corrected chi connectivity index (χ1v) is 4.16. The summed E-state index contributed by atoms with van der Waals surface area (Å²) in [5, 5.41) is 12.3. The van der Waals surface area contributed by atoms with Gasteiger partial charge in [0.15, 0.2) is 0 Å². The van der Waals surface area contributed by atoms with E-state index in [0.717, 1.165) is 10.2 Å². The summed E-state index contributed by atoms with van der Waals surface area (Å²) >= 11 is 0. The topological polar surface area (TPSA) is 94.0 Å². The number of carbonyl (C=O) groups is 1. The lowest BCUT2D eigenvalue weighted by Crippen LogP contribution is -2.07. The Bertz CT molecular complexity index is 489. The Morgan fingerprint density at radius 3 is 2.67 bits per heavy atom. The normalized spacial score (nSPS) is 10.1. The lowest BCUT2D eigenvalue weighted by atomic mass is 10.2. The number of nitrogen functional groups attached to an aromatic ring is 1. The van der Waals surface area contributed by atoms with Gasteiger partial charge in [-0.15, -0.1) is 0 Å². The molecule has 0 aliphatic carbocycles. The lowest BCUT2D eigenvalue weighted by Gasteiger charge is -1.96. The zero-order valence-corrected chi connectivity index (χ0v) is 7.66. The number of hydrogen-bond donors (Lipinski definition) is 2. The van der Waals surface area contributed by atoms with Gasteiger partial charge in [-0.25, -0.2) is 9.78 Å². The number of carboxylic acid groups (broad SMARTS) is 1. The zero-order chi connectivity index (χ0) is 10.8. The maximum absolute atomic E-state index is 10.6. The Morgan fingerprint density at radius 1 is 1.33 bits per heavy atom. The van der Waals surface area contributed by atoms with Crippen molar-refractivity contribution in [2.24, 2.45) is 0 Å². The molecule has 2 aromatic rings. The molecule has 6 nitrogen and oxygen atoms in total. The molecule has 3 N–H and O–H groups in total. The second-order valence-electron chi connectivity index (χ2n) is 2.93. The molecule has 0 unspecified atom stereocenters. The Balaban J connectivity index is 2.37. The minimum Gasteiger partial charge on any atom is -0.463 e. The van der Waals surface area contributed by atoms with Crippen LogP contribution < -0.4 is 5.73 Å². The van der Waals surface area contributed by atoms with Gasteiger partial charge in [-0.05, 0) is 12.1 Å². The van der Waals surface area contributed by atoms with Crippen molar-refractivity contribution in [3.63, 3.8) is 0 Å². The van der Waals surface area contributed by atoms with E-state index in [-0.39, 0.29) is 0 Å². The maximum atomic E-state index is 10.6. The van der Waals surface area contributed by atoms with E-state index in [1.165, 1.54) is 12.4 Å². The van der Waals surface area contributed by atoms with Crippen molar-refractivity contribution in [3.05, 3.63) is 30.7 Å². The van der Waals surface area contributed by atoms with Crippen LogP contribution in [0.3, 0.4) is 0 Å². The first-order chi connectivity index (χ1) is 7.16. The van der Waals surface area contributed by atoms with Crippen molar-refractivity contribution in [2.75, 3.05) is 5.73 Å². The van der Waals surface area contributed by atoms with E-state index in [0.29, 0.717) is 11.4 Å². The molecule has 0 amide bonds. The fraction of sp³-hybridized carbons (Fsp3) is 0. The van der Waals surface area contributed by atoms with Crippen molar-refractivity contribution in [3.8, 4) is 11.1 Å². The van der Waals surface area contributed by atoms with E-state index in [1.807, 2.05) is 0 Å². The van der Waals surface area contributed by atoms with Crippen LogP contribution in [-0.2, 0) is 0 Å². The Morgan fingerprint density at radius 2 is 2.13 bits per heavy atom. The Hall–Kier alpha value is -2.37. The highest BCUT2D eigenvalue weighted by Gasteiger charge is 2.05. The molecule has 2 heterocycles. The van der Waals surface area contributed by atoms with Crippen LogP contribution in [0, 0.1) is 0 Å². The number of pyridine rings is 1. The summed E-state index contributed by atoms with van der Waals surface area (Å²) in [6, 6.07) is 3.40. The largest absolute Gasteiger partial charge is 0.463 e. The second-order valence-corrected chi connectivity index (χ2v) is 2.93. The van der Waals surface area contributed by atoms with Crippen LogP contribution in [0.2, 0.25) is 0 Å². The van der Waals surface area contributed by atoms with Crippen LogP contribution in [0.5, 0.6) is 0 Å². The molecule has 76 valence electrons. The van der Waals surface area contributed by atoms with Crippen LogP contribution in [0.25, 0.3) is 11.1 Å². The van der Waals surface area contributed by atoms with Crippen molar-refractivity contribution in [1.82, 2.24) is 14.8 Å². The second kappa shape index (κ2) is 3.41. The van der Waals surface area contributed by atoms with Crippen molar-refractivity contribution < 1.29 is 9.90 Å². The molecule has 0 bridgehead atoms. The van der Waals surface area contributed by atoms with E-state index in [1.54, 1.807) is 18.3 Å². The van der Waals surface area contributed by atoms with E-state index in [4.69, 9.17) is 10.8 Å². The quantitative estimate of drug-likeness (QED) is 0.724. The molecule has 6 heteroatoms. The van der Waals surface area contributed by atoms with E-state index >= 15 is 0 Å². The first kappa shape index (κ1) is 9.20. The molecule has 2 rings (SSSR count). The van der Waals surface area contributed by atoms with Crippen molar-refractivity contribution in [2.45, 2.75) is 0 Å². The standard InChI is InChI=1S/C9H8N4O2/c10-8-2-1-6(3-11-8)7-4-12-13(5-7)9(14)15/h1-5H,(H2,10,11)(H,14,15). The Labute approximate surface area is 85.0 Å². The molecule has 0 fully saturated rings. The van der Waals surface area contributed by atoms with E-state index < -0.39 is 6.09 Å². The fourth-order valence-electron chi connectivity index (χ4n) is 1.15. The molecule has 0 atom stereocenters. The molecule has 0 aliphatic rings. The molecule has 0 saturated heterocycles. The molecular weight excluding hydrogens is 196 g/mol. The van der Waals surface area contributed by atoms with Gasteiger partial charge in [0.2, 0.25) is 0 Å². The SMILES string of the molecule is Nc1ccc(-c2cnn(C(=O)O)c2)cn1. The highest BCUT2D eigenvalue weighted by atomic mass is 16.4. The van der Waals surface area contributed by atoms with Gasteiger partial charge in [0, 0.05) is 23.5 Å². The summed E-state index contributed by atoms with van der Waals surface area (Å²) in [6.07, 6.45) is 3.32. The van der Waals surface area contributed by atoms with Gasteiger partial charge < -0.3 is 10.8 Å². The van der Waals surface area contributed by atoms with E-state index in [9.17, 15) is 4.79 Å². The van der Waals surface area contributed by atoms with Crippen molar-refractivity contribution >= 4 is 11.9 Å². The number of hydrogen-bond acceptors (Lipinski definition) is 4. The van der Waals surface area contributed by atoms with Crippen molar-refractivity contribution in [1.29, 1.82) is 0 Å². The summed E-state index contributed by atoms with van der Waals surface area (Å²) in [5.74, 6) is 0.421. The monoisotopic (exact) mass is 204 g/mol. The summed E-state index contributed by atoms with van der Waals surface area (Å²) in [7, 11) is 0. The summed E-state index contributed by atoms with van der Waals surface area (Å²) in [4.78, 5) is 14.5. The van der Waals surface area contributed by atoms with Crippen LogP contribution >= 0.6 is 0 Å².